The number of nitrogens with zero attached hydrogens (tertiary/aromatic N) is 2. The number of benzene rings is 2. The number of hydrazone groups is 1. The highest BCUT2D eigenvalue weighted by Gasteiger charge is 2.14. The van der Waals surface area contributed by atoms with E-state index in [4.69, 9.17) is 11.6 Å². The number of para-hydroxylation sites is 1. The molecule has 1 N–H and O–H groups in total. The largest absolute Gasteiger partial charge is 0.343 e. The van der Waals surface area contributed by atoms with E-state index < -0.39 is 0 Å². The molecule has 0 aliphatic rings. The Morgan fingerprint density at radius 1 is 0.963 bits per heavy atom. The molecule has 0 spiro atoms. The smallest absolute Gasteiger partial charge is 0.222 e. The van der Waals surface area contributed by atoms with E-state index in [9.17, 15) is 4.79 Å². The molecule has 1 amide bonds. The fourth-order valence-electron chi connectivity index (χ4n) is 2.84. The molecule has 2 aromatic rings. The van der Waals surface area contributed by atoms with Crippen LogP contribution in [0.4, 0.5) is 5.69 Å². The van der Waals surface area contributed by atoms with Gasteiger partial charge in [0, 0.05) is 31.0 Å². The number of amides is 1. The Kier molecular flexibility index (Phi) is 8.85. The lowest BCUT2D eigenvalue weighted by molar-refractivity contribution is -0.131. The summed E-state index contributed by atoms with van der Waals surface area (Å²) in [4.78, 5) is 14.6. The van der Waals surface area contributed by atoms with Crippen LogP contribution in [-0.4, -0.2) is 29.6 Å². The maximum atomic E-state index is 12.6. The maximum Gasteiger partial charge on any atom is 0.222 e. The van der Waals surface area contributed by atoms with Gasteiger partial charge in [-0.05, 0) is 42.7 Å². The second-order valence-corrected chi connectivity index (χ2v) is 6.86. The molecule has 144 valence electrons. The van der Waals surface area contributed by atoms with Crippen LogP contribution in [-0.2, 0) is 4.79 Å². The van der Waals surface area contributed by atoms with Crippen LogP contribution in [0.5, 0.6) is 0 Å². The molecule has 0 radical (unpaired) electrons. The first-order chi connectivity index (χ1) is 13.1. The Bertz CT molecular complexity index is 723. The van der Waals surface area contributed by atoms with Crippen molar-refractivity contribution in [3.8, 4) is 0 Å². The van der Waals surface area contributed by atoms with Gasteiger partial charge in [-0.25, -0.2) is 0 Å². The topological polar surface area (TPSA) is 44.7 Å². The molecule has 0 bridgehead atoms. The van der Waals surface area contributed by atoms with Gasteiger partial charge in [-0.15, -0.1) is 0 Å². The minimum Gasteiger partial charge on any atom is -0.343 e. The van der Waals surface area contributed by atoms with Gasteiger partial charge in [0.1, 0.15) is 0 Å². The van der Waals surface area contributed by atoms with Crippen molar-refractivity contribution in [1.29, 1.82) is 0 Å². The predicted octanol–water partition coefficient (Wildman–Crippen LogP) is 5.59. The zero-order chi connectivity index (χ0) is 19.5. The molecule has 0 aromatic heterocycles. The molecule has 0 saturated carbocycles. The van der Waals surface area contributed by atoms with Gasteiger partial charge in [-0.3, -0.25) is 10.2 Å². The van der Waals surface area contributed by atoms with E-state index in [0.717, 1.165) is 42.9 Å². The molecule has 0 aliphatic heterocycles. The van der Waals surface area contributed by atoms with E-state index in [1.807, 2.05) is 59.5 Å². The normalized spacial score (nSPS) is 11.3. The predicted molar refractivity (Wildman–Crippen MR) is 114 cm³/mol. The Balaban J connectivity index is 2.12. The summed E-state index contributed by atoms with van der Waals surface area (Å²) in [5, 5.41) is 5.25. The molecule has 0 fully saturated rings. The van der Waals surface area contributed by atoms with E-state index in [1.54, 1.807) is 0 Å². The molecule has 2 aromatic carbocycles. The summed E-state index contributed by atoms with van der Waals surface area (Å²) in [6.45, 7) is 5.81. The van der Waals surface area contributed by atoms with E-state index in [2.05, 4.69) is 24.4 Å². The lowest BCUT2D eigenvalue weighted by atomic mass is 10.1. The average Bonchev–Trinajstić information content (AvgIpc) is 2.69. The molecule has 2 rings (SSSR count). The van der Waals surface area contributed by atoms with Gasteiger partial charge < -0.3 is 4.90 Å². The van der Waals surface area contributed by atoms with E-state index in [0.29, 0.717) is 17.9 Å². The van der Waals surface area contributed by atoms with Crippen LogP contribution in [0, 0.1) is 0 Å². The highest BCUT2D eigenvalue weighted by Crippen LogP contribution is 2.15. The zero-order valence-corrected chi connectivity index (χ0v) is 16.9. The Morgan fingerprint density at radius 2 is 1.59 bits per heavy atom. The van der Waals surface area contributed by atoms with Crippen LogP contribution in [0.2, 0.25) is 5.02 Å². The second kappa shape index (κ2) is 11.4. The quantitative estimate of drug-likeness (QED) is 0.428. The summed E-state index contributed by atoms with van der Waals surface area (Å²) in [5.41, 5.74) is 5.81. The number of halogens is 1. The van der Waals surface area contributed by atoms with Crippen LogP contribution >= 0.6 is 11.6 Å². The van der Waals surface area contributed by atoms with E-state index in [-0.39, 0.29) is 5.91 Å². The first kappa shape index (κ1) is 21.0. The summed E-state index contributed by atoms with van der Waals surface area (Å²) in [5.74, 6) is 0.181. The maximum absolute atomic E-state index is 12.6. The fraction of sp³-hybridized carbons (Fsp3) is 0.364. The number of rotatable bonds is 10. The van der Waals surface area contributed by atoms with Crippen molar-refractivity contribution in [2.75, 3.05) is 18.5 Å². The summed E-state index contributed by atoms with van der Waals surface area (Å²) in [6, 6.07) is 17.4. The lowest BCUT2D eigenvalue weighted by Crippen LogP contribution is -2.32. The van der Waals surface area contributed by atoms with Gasteiger partial charge in [-0.2, -0.15) is 5.10 Å². The van der Waals surface area contributed by atoms with Crippen molar-refractivity contribution in [2.24, 2.45) is 5.10 Å². The molecule has 5 heteroatoms. The monoisotopic (exact) mass is 385 g/mol. The van der Waals surface area contributed by atoms with Crippen molar-refractivity contribution >= 4 is 28.9 Å². The molecule has 0 aliphatic carbocycles. The van der Waals surface area contributed by atoms with Crippen LogP contribution < -0.4 is 5.43 Å². The average molecular weight is 386 g/mol. The number of carbonyl (C=O) groups is 1. The van der Waals surface area contributed by atoms with Crippen molar-refractivity contribution in [3.05, 3.63) is 65.2 Å². The molecular weight excluding hydrogens is 358 g/mol. The minimum absolute atomic E-state index is 0.181. The van der Waals surface area contributed by atoms with Gasteiger partial charge in [0.05, 0.1) is 11.4 Å². The molecule has 0 heterocycles. The summed E-state index contributed by atoms with van der Waals surface area (Å²) < 4.78 is 0. The standard InChI is InChI=1S/C22H28ClN3O/c1-3-16-26(17-4-2)22(27)15-14-21(18-10-12-19(23)13-11-18)25-24-20-8-6-5-7-9-20/h5-13,24H,3-4,14-17H2,1-2H3/b25-21-. The highest BCUT2D eigenvalue weighted by molar-refractivity contribution is 6.30. The summed E-state index contributed by atoms with van der Waals surface area (Å²) >= 11 is 6.01. The Hall–Kier alpha value is -2.33. The summed E-state index contributed by atoms with van der Waals surface area (Å²) in [6.07, 6.45) is 2.96. The van der Waals surface area contributed by atoms with Crippen LogP contribution in [0.15, 0.2) is 59.7 Å². The number of nitrogens with one attached hydrogen (secondary N) is 1. The molecule has 0 unspecified atom stereocenters. The van der Waals surface area contributed by atoms with Gasteiger partial charge in [0.2, 0.25) is 5.91 Å². The van der Waals surface area contributed by atoms with E-state index in [1.165, 1.54) is 0 Å². The minimum atomic E-state index is 0.181. The lowest BCUT2D eigenvalue weighted by Gasteiger charge is -2.21. The van der Waals surface area contributed by atoms with Gasteiger partial charge in [-0.1, -0.05) is 55.8 Å². The molecule has 0 saturated heterocycles. The highest BCUT2D eigenvalue weighted by atomic mass is 35.5. The zero-order valence-electron chi connectivity index (χ0n) is 16.1. The Morgan fingerprint density at radius 3 is 2.19 bits per heavy atom. The van der Waals surface area contributed by atoms with Crippen molar-refractivity contribution in [1.82, 2.24) is 4.90 Å². The van der Waals surface area contributed by atoms with Crippen molar-refractivity contribution < 1.29 is 4.79 Å². The number of hydrogen-bond acceptors (Lipinski definition) is 3. The number of anilines is 1. The van der Waals surface area contributed by atoms with Crippen LogP contribution in [0.3, 0.4) is 0 Å². The fourth-order valence-corrected chi connectivity index (χ4v) is 2.96. The summed E-state index contributed by atoms with van der Waals surface area (Å²) in [7, 11) is 0. The van der Waals surface area contributed by atoms with E-state index >= 15 is 0 Å². The third-order valence-corrected chi connectivity index (χ3v) is 4.44. The second-order valence-electron chi connectivity index (χ2n) is 6.42. The van der Waals surface area contributed by atoms with Crippen LogP contribution in [0.1, 0.15) is 45.1 Å². The first-order valence-corrected chi connectivity index (χ1v) is 9.93. The SMILES string of the molecule is CCCN(CCC)C(=O)CC/C(=N/Nc1ccccc1)c1ccc(Cl)cc1. The number of carbonyl (C=O) groups excluding carboxylic acids is 1. The Labute approximate surface area is 167 Å². The molecule has 0 atom stereocenters. The van der Waals surface area contributed by atoms with Crippen molar-refractivity contribution in [3.63, 3.8) is 0 Å². The van der Waals surface area contributed by atoms with Crippen molar-refractivity contribution in [2.45, 2.75) is 39.5 Å². The third-order valence-electron chi connectivity index (χ3n) is 4.19. The molecular formula is C22H28ClN3O. The number of hydrogen-bond donors (Lipinski definition) is 1. The molecule has 27 heavy (non-hydrogen) atoms. The molecule has 4 nitrogen and oxygen atoms in total. The third kappa shape index (κ3) is 7.06. The van der Waals surface area contributed by atoms with Gasteiger partial charge >= 0.3 is 0 Å². The van der Waals surface area contributed by atoms with Gasteiger partial charge in [0.15, 0.2) is 0 Å². The first-order valence-electron chi connectivity index (χ1n) is 9.55. The van der Waals surface area contributed by atoms with Gasteiger partial charge in [0.25, 0.3) is 0 Å². The van der Waals surface area contributed by atoms with Crippen LogP contribution in [0.25, 0.3) is 0 Å².